The number of benzene rings is 1. The van der Waals surface area contributed by atoms with Crippen LogP contribution in [0.2, 0.25) is 0 Å². The van der Waals surface area contributed by atoms with Crippen LogP contribution in [0.3, 0.4) is 0 Å². The third kappa shape index (κ3) is 4.48. The monoisotopic (exact) mass is 415 g/mol. The molecule has 0 spiro atoms. The smallest absolute Gasteiger partial charge is 0.227 e. The summed E-state index contributed by atoms with van der Waals surface area (Å²) in [5, 5.41) is 17.2. The highest BCUT2D eigenvalue weighted by molar-refractivity contribution is 7.09. The predicted molar refractivity (Wildman–Crippen MR) is 107 cm³/mol. The number of carbonyl (C=O) groups is 1. The summed E-state index contributed by atoms with van der Waals surface area (Å²) in [6, 6.07) is 4.44. The molecule has 1 amide bonds. The highest BCUT2D eigenvalue weighted by Crippen LogP contribution is 2.24. The molecule has 1 aromatic carbocycles. The van der Waals surface area contributed by atoms with Crippen molar-refractivity contribution in [3.05, 3.63) is 45.9 Å². The molecule has 0 saturated carbocycles. The summed E-state index contributed by atoms with van der Waals surface area (Å²) < 4.78 is 15.7. The van der Waals surface area contributed by atoms with Crippen LogP contribution in [0.5, 0.6) is 0 Å². The lowest BCUT2D eigenvalue weighted by molar-refractivity contribution is -0.121. The second kappa shape index (κ2) is 8.34. The van der Waals surface area contributed by atoms with Crippen LogP contribution in [-0.4, -0.2) is 49.1 Å². The van der Waals surface area contributed by atoms with Crippen molar-refractivity contribution in [2.75, 3.05) is 18.4 Å². The number of nitrogens with zero attached hydrogens (tertiary/aromatic N) is 6. The molecule has 0 radical (unpaired) electrons. The van der Waals surface area contributed by atoms with Crippen LogP contribution in [0.4, 0.5) is 10.1 Å². The molecule has 1 saturated heterocycles. The van der Waals surface area contributed by atoms with Gasteiger partial charge in [-0.3, -0.25) is 9.69 Å². The fourth-order valence-corrected chi connectivity index (χ4v) is 4.11. The Bertz CT molecular complexity index is 1010. The summed E-state index contributed by atoms with van der Waals surface area (Å²) >= 11 is 1.65. The van der Waals surface area contributed by atoms with Gasteiger partial charge in [-0.1, -0.05) is 0 Å². The quantitative estimate of drug-likeness (QED) is 0.689. The topological polar surface area (TPSA) is 88.8 Å². The predicted octanol–water partition coefficient (Wildman–Crippen LogP) is 2.73. The Balaban J connectivity index is 1.37. The van der Waals surface area contributed by atoms with Crippen LogP contribution >= 0.6 is 11.3 Å². The van der Waals surface area contributed by atoms with Crippen LogP contribution in [0.15, 0.2) is 23.6 Å². The Kier molecular flexibility index (Phi) is 5.63. The SMILES string of the molecule is Cc1nc(CN2CCC(C(=O)Nc3cc(-n4nnnc4C)ccc3F)CC2)cs1. The number of nitrogens with one attached hydrogen (secondary N) is 1. The second-order valence-corrected chi connectivity index (χ2v) is 8.26. The van der Waals surface area contributed by atoms with E-state index in [0.717, 1.165) is 43.2 Å². The summed E-state index contributed by atoms with van der Waals surface area (Å²) in [6.07, 6.45) is 1.48. The van der Waals surface area contributed by atoms with Crippen molar-refractivity contribution in [2.45, 2.75) is 33.2 Å². The number of hydrogen-bond acceptors (Lipinski definition) is 7. The molecule has 1 aliphatic rings. The number of piperidine rings is 1. The molecular weight excluding hydrogens is 393 g/mol. The zero-order valence-electron chi connectivity index (χ0n) is 16.3. The van der Waals surface area contributed by atoms with E-state index in [-0.39, 0.29) is 17.5 Å². The highest BCUT2D eigenvalue weighted by Gasteiger charge is 2.26. The molecule has 0 atom stereocenters. The lowest BCUT2D eigenvalue weighted by atomic mass is 9.95. The van der Waals surface area contributed by atoms with Crippen molar-refractivity contribution >= 4 is 22.9 Å². The molecule has 29 heavy (non-hydrogen) atoms. The number of tetrazole rings is 1. The minimum atomic E-state index is -0.482. The molecule has 3 aromatic rings. The number of rotatable bonds is 5. The van der Waals surface area contributed by atoms with Gasteiger partial charge in [-0.2, -0.15) is 4.68 Å². The minimum absolute atomic E-state index is 0.138. The maximum absolute atomic E-state index is 14.3. The number of amides is 1. The largest absolute Gasteiger partial charge is 0.323 e. The molecule has 8 nitrogen and oxygen atoms in total. The molecule has 2 aromatic heterocycles. The van der Waals surface area contributed by atoms with Crippen LogP contribution in [0.1, 0.15) is 29.4 Å². The molecule has 1 aliphatic heterocycles. The number of likely N-dealkylation sites (tertiary alicyclic amines) is 1. The number of hydrogen-bond donors (Lipinski definition) is 1. The van der Waals surface area contributed by atoms with Gasteiger partial charge in [0.25, 0.3) is 0 Å². The lowest BCUT2D eigenvalue weighted by Crippen LogP contribution is -2.37. The van der Waals surface area contributed by atoms with E-state index < -0.39 is 5.82 Å². The first-order valence-electron chi connectivity index (χ1n) is 9.49. The van der Waals surface area contributed by atoms with Crippen molar-refractivity contribution in [1.82, 2.24) is 30.1 Å². The number of anilines is 1. The summed E-state index contributed by atoms with van der Waals surface area (Å²) in [5.74, 6) is -0.194. The van der Waals surface area contributed by atoms with E-state index in [1.807, 2.05) is 6.92 Å². The minimum Gasteiger partial charge on any atom is -0.323 e. The van der Waals surface area contributed by atoms with Crippen LogP contribution in [0, 0.1) is 25.6 Å². The Morgan fingerprint density at radius 1 is 1.31 bits per heavy atom. The zero-order valence-corrected chi connectivity index (χ0v) is 17.1. The molecule has 0 unspecified atom stereocenters. The normalized spacial score (nSPS) is 15.6. The van der Waals surface area contributed by atoms with Crippen molar-refractivity contribution in [2.24, 2.45) is 5.92 Å². The van der Waals surface area contributed by atoms with Gasteiger partial charge in [-0.15, -0.1) is 16.4 Å². The molecule has 4 rings (SSSR count). The van der Waals surface area contributed by atoms with E-state index in [2.05, 4.69) is 36.1 Å². The Morgan fingerprint density at radius 2 is 2.10 bits per heavy atom. The van der Waals surface area contributed by atoms with Gasteiger partial charge in [0.05, 0.1) is 22.1 Å². The maximum atomic E-state index is 14.3. The third-order valence-electron chi connectivity index (χ3n) is 5.09. The van der Waals surface area contributed by atoms with Crippen LogP contribution in [0.25, 0.3) is 5.69 Å². The van der Waals surface area contributed by atoms with Crippen LogP contribution < -0.4 is 5.32 Å². The Morgan fingerprint density at radius 3 is 2.76 bits per heavy atom. The average molecular weight is 415 g/mol. The summed E-state index contributed by atoms with van der Waals surface area (Å²) in [7, 11) is 0. The van der Waals surface area contributed by atoms with Crippen molar-refractivity contribution in [3.8, 4) is 5.69 Å². The van der Waals surface area contributed by atoms with Crippen molar-refractivity contribution in [1.29, 1.82) is 0 Å². The summed E-state index contributed by atoms with van der Waals surface area (Å²) in [6.45, 7) is 6.20. The van der Waals surface area contributed by atoms with Gasteiger partial charge in [0.1, 0.15) is 5.82 Å². The van der Waals surface area contributed by atoms with Gasteiger partial charge in [0.2, 0.25) is 5.91 Å². The zero-order chi connectivity index (χ0) is 20.4. The highest BCUT2D eigenvalue weighted by atomic mass is 32.1. The first-order valence-corrected chi connectivity index (χ1v) is 10.4. The third-order valence-corrected chi connectivity index (χ3v) is 5.91. The number of thiazole rings is 1. The fourth-order valence-electron chi connectivity index (χ4n) is 3.51. The molecule has 1 N–H and O–H groups in total. The molecule has 152 valence electrons. The van der Waals surface area contributed by atoms with Gasteiger partial charge in [0, 0.05) is 17.8 Å². The van der Waals surface area contributed by atoms with Gasteiger partial charge < -0.3 is 5.32 Å². The van der Waals surface area contributed by atoms with E-state index in [4.69, 9.17) is 0 Å². The summed E-state index contributed by atoms with van der Waals surface area (Å²) in [4.78, 5) is 19.5. The van der Waals surface area contributed by atoms with E-state index in [1.165, 1.54) is 10.7 Å². The number of carbonyl (C=O) groups excluding carboxylic acids is 1. The van der Waals surface area contributed by atoms with Crippen molar-refractivity contribution in [3.63, 3.8) is 0 Å². The van der Waals surface area contributed by atoms with Gasteiger partial charge in [-0.25, -0.2) is 9.37 Å². The van der Waals surface area contributed by atoms with Gasteiger partial charge in [0.15, 0.2) is 5.82 Å². The van der Waals surface area contributed by atoms with E-state index >= 15 is 0 Å². The fraction of sp³-hybridized carbons (Fsp3) is 0.421. The van der Waals surface area contributed by atoms with E-state index in [9.17, 15) is 9.18 Å². The molecule has 0 bridgehead atoms. The summed E-state index contributed by atoms with van der Waals surface area (Å²) in [5.41, 5.74) is 1.81. The first-order chi connectivity index (χ1) is 14.0. The molecular formula is C19H22FN7OS. The number of aryl methyl sites for hydroxylation is 2. The Hall–Kier alpha value is -2.72. The lowest BCUT2D eigenvalue weighted by Gasteiger charge is -2.30. The van der Waals surface area contributed by atoms with E-state index in [1.54, 1.807) is 30.4 Å². The Labute approximate surface area is 171 Å². The maximum Gasteiger partial charge on any atom is 0.227 e. The molecule has 3 heterocycles. The first kappa shape index (κ1) is 19.6. The number of halogens is 1. The van der Waals surface area contributed by atoms with Crippen molar-refractivity contribution < 1.29 is 9.18 Å². The van der Waals surface area contributed by atoms with Gasteiger partial charge in [-0.05, 0) is 68.4 Å². The molecule has 10 heteroatoms. The van der Waals surface area contributed by atoms with Crippen LogP contribution in [-0.2, 0) is 11.3 Å². The van der Waals surface area contributed by atoms with Gasteiger partial charge >= 0.3 is 0 Å². The molecule has 0 aliphatic carbocycles. The van der Waals surface area contributed by atoms with E-state index in [0.29, 0.717) is 11.5 Å². The standard InChI is InChI=1S/C19H22FN7OS/c1-12-23-24-25-27(12)16-3-4-17(20)18(9-16)22-19(28)14-5-7-26(8-6-14)10-15-11-29-13(2)21-15/h3-4,9,11,14H,5-8,10H2,1-2H3,(H,22,28). The second-order valence-electron chi connectivity index (χ2n) is 7.20. The number of aromatic nitrogens is 5. The molecule has 1 fully saturated rings. The average Bonchev–Trinajstić information content (AvgIpc) is 3.32.